The molecule has 0 aliphatic heterocycles. The topological polar surface area (TPSA) is 70.0 Å². The van der Waals surface area contributed by atoms with E-state index in [0.29, 0.717) is 12.3 Å². The zero-order chi connectivity index (χ0) is 15.3. The van der Waals surface area contributed by atoms with Crippen molar-refractivity contribution in [2.24, 2.45) is 0 Å². The number of ether oxygens (including phenoxy) is 1. The van der Waals surface area contributed by atoms with E-state index < -0.39 is 12.1 Å². The second kappa shape index (κ2) is 7.26. The van der Waals surface area contributed by atoms with Crippen LogP contribution in [0.2, 0.25) is 0 Å². The number of rotatable bonds is 7. The van der Waals surface area contributed by atoms with Crippen LogP contribution >= 0.6 is 0 Å². The average Bonchev–Trinajstić information content (AvgIpc) is 2.42. The molecule has 5 nitrogen and oxygen atoms in total. The molecule has 2 atom stereocenters. The molecule has 1 aromatic carbocycles. The number of aliphatic hydroxyl groups excluding tert-OH is 1. The molecule has 0 radical (unpaired) electrons. The van der Waals surface area contributed by atoms with E-state index in [1.807, 2.05) is 36.9 Å². The van der Waals surface area contributed by atoms with Crippen molar-refractivity contribution in [1.29, 1.82) is 0 Å². The van der Waals surface area contributed by atoms with Gasteiger partial charge in [-0.25, -0.2) is 0 Å². The van der Waals surface area contributed by atoms with Crippen molar-refractivity contribution in [3.8, 4) is 5.75 Å². The molecular weight excluding hydrogens is 258 g/mol. The van der Waals surface area contributed by atoms with E-state index in [1.54, 1.807) is 14.2 Å². The Hall–Kier alpha value is -1.59. The normalized spacial score (nSPS) is 14.1. The number of hydrogen-bond donors (Lipinski definition) is 2. The number of methoxy groups -OCH3 is 1. The second-order valence-corrected chi connectivity index (χ2v) is 5.06. The van der Waals surface area contributed by atoms with Crippen molar-refractivity contribution in [3.05, 3.63) is 29.3 Å². The minimum atomic E-state index is -0.841. The molecule has 0 saturated carbocycles. The number of benzene rings is 1. The lowest BCUT2D eigenvalue weighted by molar-refractivity contribution is -0.137. The average molecular weight is 281 g/mol. The lowest BCUT2D eigenvalue weighted by Gasteiger charge is -2.29. The van der Waals surface area contributed by atoms with Gasteiger partial charge in [-0.15, -0.1) is 0 Å². The molecule has 0 amide bonds. The number of aliphatic hydroxyl groups is 1. The molecule has 0 spiro atoms. The molecule has 20 heavy (non-hydrogen) atoms. The van der Waals surface area contributed by atoms with Crippen molar-refractivity contribution in [2.45, 2.75) is 32.4 Å². The lowest BCUT2D eigenvalue weighted by Crippen LogP contribution is -2.36. The van der Waals surface area contributed by atoms with Gasteiger partial charge in [0.15, 0.2) is 0 Å². The monoisotopic (exact) mass is 281 g/mol. The minimum Gasteiger partial charge on any atom is -0.496 e. The highest BCUT2D eigenvalue weighted by atomic mass is 16.5. The molecule has 0 fully saturated rings. The number of nitrogens with zero attached hydrogens (tertiary/aromatic N) is 1. The third-order valence-electron chi connectivity index (χ3n) is 3.53. The molecule has 0 saturated heterocycles. The Kier molecular flexibility index (Phi) is 5.98. The van der Waals surface area contributed by atoms with E-state index in [0.717, 1.165) is 11.1 Å². The van der Waals surface area contributed by atoms with Gasteiger partial charge in [-0.2, -0.15) is 0 Å². The summed E-state index contributed by atoms with van der Waals surface area (Å²) in [7, 11) is 3.37. The maximum Gasteiger partial charge on any atom is 0.304 e. The Morgan fingerprint density at radius 1 is 1.45 bits per heavy atom. The quantitative estimate of drug-likeness (QED) is 0.798. The predicted octanol–water partition coefficient (Wildman–Crippen LogP) is 1.83. The first kappa shape index (κ1) is 16.5. The van der Waals surface area contributed by atoms with Crippen LogP contribution in [0.3, 0.4) is 0 Å². The molecule has 0 bridgehead atoms. The fraction of sp³-hybridized carbons (Fsp3) is 0.533. The highest BCUT2D eigenvalue weighted by molar-refractivity contribution is 5.66. The van der Waals surface area contributed by atoms with Gasteiger partial charge in [-0.1, -0.05) is 11.6 Å². The van der Waals surface area contributed by atoms with Crippen molar-refractivity contribution in [3.63, 3.8) is 0 Å². The van der Waals surface area contributed by atoms with Crippen LogP contribution in [0.4, 0.5) is 0 Å². The van der Waals surface area contributed by atoms with Gasteiger partial charge in [0.2, 0.25) is 0 Å². The van der Waals surface area contributed by atoms with Gasteiger partial charge in [0.05, 0.1) is 19.6 Å². The molecule has 1 aromatic rings. The van der Waals surface area contributed by atoms with Gasteiger partial charge in [-0.3, -0.25) is 4.79 Å². The van der Waals surface area contributed by atoms with Crippen LogP contribution in [0.25, 0.3) is 0 Å². The van der Waals surface area contributed by atoms with Crippen LogP contribution in [0.5, 0.6) is 5.75 Å². The maximum absolute atomic E-state index is 10.6. The molecule has 5 heteroatoms. The molecular formula is C15H23NO4. The molecule has 0 aromatic heterocycles. The van der Waals surface area contributed by atoms with Gasteiger partial charge in [0.25, 0.3) is 0 Å². The summed E-state index contributed by atoms with van der Waals surface area (Å²) in [6.07, 6.45) is -0.679. The summed E-state index contributed by atoms with van der Waals surface area (Å²) in [5, 5.41) is 19.2. The zero-order valence-corrected chi connectivity index (χ0v) is 12.5. The maximum atomic E-state index is 10.6. The third kappa shape index (κ3) is 4.21. The summed E-state index contributed by atoms with van der Waals surface area (Å²) in [5.74, 6) is -0.201. The predicted molar refractivity (Wildman–Crippen MR) is 77.0 cm³/mol. The standard InChI is InChI=1S/C15H23NO4/c1-10-5-6-13(20-4)12(9-10)15(19)11(2)16(3)8-7-14(17)18/h5-6,9,11,15,19H,7-8H2,1-4H3,(H,17,18). The number of carboxylic acid groups (broad SMARTS) is 1. The van der Waals surface area contributed by atoms with Crippen LogP contribution in [0.15, 0.2) is 18.2 Å². The summed E-state index contributed by atoms with van der Waals surface area (Å²) in [4.78, 5) is 12.4. The summed E-state index contributed by atoms with van der Waals surface area (Å²) in [5.41, 5.74) is 1.77. The first-order valence-corrected chi connectivity index (χ1v) is 6.61. The molecule has 2 N–H and O–H groups in total. The number of aliphatic carboxylic acids is 1. The lowest BCUT2D eigenvalue weighted by atomic mass is 9.99. The van der Waals surface area contributed by atoms with E-state index in [9.17, 15) is 9.90 Å². The van der Waals surface area contributed by atoms with E-state index in [4.69, 9.17) is 9.84 Å². The number of carboxylic acids is 1. The van der Waals surface area contributed by atoms with Crippen molar-refractivity contribution < 1.29 is 19.7 Å². The van der Waals surface area contributed by atoms with Crippen molar-refractivity contribution >= 4 is 5.97 Å². The Labute approximate surface area is 119 Å². The van der Waals surface area contributed by atoms with Crippen molar-refractivity contribution in [2.75, 3.05) is 20.7 Å². The largest absolute Gasteiger partial charge is 0.496 e. The molecule has 0 aliphatic rings. The van der Waals surface area contributed by atoms with Gasteiger partial charge in [0, 0.05) is 18.2 Å². The van der Waals surface area contributed by atoms with Gasteiger partial charge >= 0.3 is 5.97 Å². The zero-order valence-electron chi connectivity index (χ0n) is 12.5. The summed E-state index contributed by atoms with van der Waals surface area (Å²) in [6.45, 7) is 4.21. The van der Waals surface area contributed by atoms with Gasteiger partial charge in [-0.05, 0) is 33.0 Å². The first-order chi connectivity index (χ1) is 9.36. The third-order valence-corrected chi connectivity index (χ3v) is 3.53. The van der Waals surface area contributed by atoms with Crippen LogP contribution in [0.1, 0.15) is 30.6 Å². The fourth-order valence-electron chi connectivity index (χ4n) is 2.06. The molecule has 2 unspecified atom stereocenters. The second-order valence-electron chi connectivity index (χ2n) is 5.06. The van der Waals surface area contributed by atoms with E-state index in [1.165, 1.54) is 0 Å². The molecule has 0 heterocycles. The fourth-order valence-corrected chi connectivity index (χ4v) is 2.06. The molecule has 112 valence electrons. The summed E-state index contributed by atoms with van der Waals surface area (Å²) < 4.78 is 5.28. The van der Waals surface area contributed by atoms with Crippen LogP contribution in [-0.2, 0) is 4.79 Å². The smallest absolute Gasteiger partial charge is 0.304 e. The van der Waals surface area contributed by atoms with Crippen LogP contribution < -0.4 is 4.74 Å². The van der Waals surface area contributed by atoms with Crippen molar-refractivity contribution in [1.82, 2.24) is 4.90 Å². The summed E-state index contributed by atoms with van der Waals surface area (Å²) >= 11 is 0. The van der Waals surface area contributed by atoms with Gasteiger partial charge in [0.1, 0.15) is 5.75 Å². The molecule has 0 aliphatic carbocycles. The van der Waals surface area contributed by atoms with Crippen LogP contribution in [-0.4, -0.2) is 47.8 Å². The number of aryl methyl sites for hydroxylation is 1. The SMILES string of the molecule is COc1ccc(C)cc1C(O)C(C)N(C)CCC(=O)O. The highest BCUT2D eigenvalue weighted by Crippen LogP contribution is 2.29. The van der Waals surface area contributed by atoms with Gasteiger partial charge < -0.3 is 19.8 Å². The van der Waals surface area contributed by atoms with E-state index in [2.05, 4.69) is 0 Å². The number of carbonyl (C=O) groups is 1. The van der Waals surface area contributed by atoms with Crippen LogP contribution in [0, 0.1) is 6.92 Å². The Morgan fingerprint density at radius 2 is 2.10 bits per heavy atom. The first-order valence-electron chi connectivity index (χ1n) is 6.61. The Balaban J connectivity index is 2.85. The molecule has 1 rings (SSSR count). The summed E-state index contributed by atoms with van der Waals surface area (Å²) in [6, 6.07) is 5.45. The highest BCUT2D eigenvalue weighted by Gasteiger charge is 2.23. The van der Waals surface area contributed by atoms with E-state index >= 15 is 0 Å². The Bertz CT molecular complexity index is 461. The van der Waals surface area contributed by atoms with E-state index in [-0.39, 0.29) is 12.5 Å². The number of hydrogen-bond acceptors (Lipinski definition) is 4. The number of likely N-dealkylation sites (N-methyl/N-ethyl adjacent to an activating group) is 1. The minimum absolute atomic E-state index is 0.0541. The Morgan fingerprint density at radius 3 is 2.65 bits per heavy atom.